The molecule has 0 bridgehead atoms. The topological polar surface area (TPSA) is 98.3 Å². The Morgan fingerprint density at radius 1 is 1.58 bits per heavy atom. The number of benzene rings is 1. The average Bonchev–Trinajstić information content (AvgIpc) is 2.36. The third-order valence-corrected chi connectivity index (χ3v) is 2.97. The van der Waals surface area contributed by atoms with Crippen LogP contribution in [0.25, 0.3) is 0 Å². The highest BCUT2D eigenvalue weighted by Gasteiger charge is 2.20. The monoisotopic (exact) mass is 269 g/mol. The number of carbonyl (C=O) groups is 1. The van der Waals surface area contributed by atoms with Gasteiger partial charge in [0.15, 0.2) is 0 Å². The predicted molar refractivity (Wildman–Crippen MR) is 69.1 cm³/mol. The molecule has 1 rings (SSSR count). The summed E-state index contributed by atoms with van der Waals surface area (Å²) in [5.74, 6) is -1.45. The number of nitrogens with two attached hydrogens (primary N) is 1. The molecule has 0 radical (unpaired) electrons. The van der Waals surface area contributed by atoms with Crippen LogP contribution in [0, 0.1) is 21.8 Å². The van der Waals surface area contributed by atoms with Crippen molar-refractivity contribution in [1.82, 2.24) is 0 Å². The Kier molecular flexibility index (Phi) is 4.94. The third-order valence-electron chi connectivity index (χ3n) is 2.97. The van der Waals surface area contributed by atoms with Gasteiger partial charge in [0.25, 0.3) is 0 Å². The number of nitro groups is 1. The highest BCUT2D eigenvalue weighted by Crippen LogP contribution is 2.21. The molecule has 0 fully saturated rings. The van der Waals surface area contributed by atoms with Crippen LogP contribution in [0.2, 0.25) is 0 Å². The smallest absolute Gasteiger partial charge is 0.304 e. The molecule has 1 amide bonds. The second-order valence-corrected chi connectivity index (χ2v) is 4.32. The summed E-state index contributed by atoms with van der Waals surface area (Å²) in [6, 6.07) is 2.46. The fourth-order valence-corrected chi connectivity index (χ4v) is 1.47. The van der Waals surface area contributed by atoms with Gasteiger partial charge in [-0.15, -0.1) is 0 Å². The molecule has 19 heavy (non-hydrogen) atoms. The Hall–Kier alpha value is -2.02. The second-order valence-electron chi connectivity index (χ2n) is 4.32. The number of anilines is 1. The molecule has 2 atom stereocenters. The first-order valence-electron chi connectivity index (χ1n) is 5.87. The van der Waals surface area contributed by atoms with Gasteiger partial charge in [-0.05, 0) is 12.0 Å². The molecule has 0 aliphatic heterocycles. The van der Waals surface area contributed by atoms with Crippen LogP contribution in [0.1, 0.15) is 20.3 Å². The number of rotatable bonds is 5. The summed E-state index contributed by atoms with van der Waals surface area (Å²) in [6.07, 6.45) is 0.739. The van der Waals surface area contributed by atoms with E-state index in [0.717, 1.165) is 18.6 Å². The summed E-state index contributed by atoms with van der Waals surface area (Å²) < 4.78 is 13.4. The highest BCUT2D eigenvalue weighted by molar-refractivity contribution is 5.94. The molecule has 6 nitrogen and oxygen atoms in total. The van der Waals surface area contributed by atoms with Crippen LogP contribution in [-0.4, -0.2) is 16.9 Å². The summed E-state index contributed by atoms with van der Waals surface area (Å²) in [5, 5.41) is 12.9. The van der Waals surface area contributed by atoms with Gasteiger partial charge in [0.2, 0.25) is 11.7 Å². The van der Waals surface area contributed by atoms with Crippen molar-refractivity contribution in [3.8, 4) is 0 Å². The van der Waals surface area contributed by atoms with Crippen LogP contribution in [-0.2, 0) is 4.79 Å². The molecule has 0 spiro atoms. The first kappa shape index (κ1) is 15.0. The Morgan fingerprint density at radius 3 is 2.68 bits per heavy atom. The van der Waals surface area contributed by atoms with Crippen molar-refractivity contribution in [2.45, 2.75) is 26.3 Å². The van der Waals surface area contributed by atoms with Crippen molar-refractivity contribution in [3.05, 3.63) is 34.1 Å². The molecule has 3 N–H and O–H groups in total. The lowest BCUT2D eigenvalue weighted by Gasteiger charge is -2.17. The SMILES string of the molecule is CC[C@H](C)[C@H](N)C(=O)Nc1ccc([N+](=O)[O-])c(F)c1. The van der Waals surface area contributed by atoms with Gasteiger partial charge in [-0.25, -0.2) is 0 Å². The quantitative estimate of drug-likeness (QED) is 0.631. The van der Waals surface area contributed by atoms with E-state index in [1.165, 1.54) is 6.07 Å². The van der Waals surface area contributed by atoms with Crippen molar-refractivity contribution in [1.29, 1.82) is 0 Å². The van der Waals surface area contributed by atoms with E-state index in [2.05, 4.69) is 5.32 Å². The van der Waals surface area contributed by atoms with Gasteiger partial charge in [0.05, 0.1) is 11.0 Å². The van der Waals surface area contributed by atoms with Gasteiger partial charge in [0.1, 0.15) is 0 Å². The minimum atomic E-state index is -1.00. The Labute approximate surface area is 109 Å². The lowest BCUT2D eigenvalue weighted by molar-refractivity contribution is -0.387. The summed E-state index contributed by atoms with van der Waals surface area (Å²) in [5.41, 5.74) is 5.23. The van der Waals surface area contributed by atoms with Crippen molar-refractivity contribution in [2.75, 3.05) is 5.32 Å². The number of nitro benzene ring substituents is 1. The van der Waals surface area contributed by atoms with Crippen LogP contribution in [0.3, 0.4) is 0 Å². The zero-order valence-electron chi connectivity index (χ0n) is 10.7. The molecule has 1 aromatic carbocycles. The number of carbonyl (C=O) groups excluding carboxylic acids is 1. The Bertz CT molecular complexity index is 493. The van der Waals surface area contributed by atoms with Crippen LogP contribution >= 0.6 is 0 Å². The maximum atomic E-state index is 13.4. The molecule has 0 saturated heterocycles. The fraction of sp³-hybridized carbons (Fsp3) is 0.417. The molecule has 0 aliphatic carbocycles. The minimum Gasteiger partial charge on any atom is -0.325 e. The first-order valence-corrected chi connectivity index (χ1v) is 5.87. The average molecular weight is 269 g/mol. The standard InChI is InChI=1S/C12H16FN3O3/c1-3-7(2)11(14)12(17)15-8-4-5-10(16(18)19)9(13)6-8/h4-7,11H,3,14H2,1-2H3,(H,15,17)/t7-,11-/m0/s1. The Morgan fingerprint density at radius 2 is 2.21 bits per heavy atom. The molecule has 1 aromatic rings. The van der Waals surface area contributed by atoms with Gasteiger partial charge < -0.3 is 11.1 Å². The van der Waals surface area contributed by atoms with Gasteiger partial charge in [0, 0.05) is 17.8 Å². The zero-order chi connectivity index (χ0) is 14.6. The van der Waals surface area contributed by atoms with Gasteiger partial charge in [-0.2, -0.15) is 4.39 Å². The molecular weight excluding hydrogens is 253 g/mol. The number of nitrogens with one attached hydrogen (secondary N) is 1. The van der Waals surface area contributed by atoms with Gasteiger partial charge in [-0.1, -0.05) is 20.3 Å². The molecule has 0 heterocycles. The lowest BCUT2D eigenvalue weighted by Crippen LogP contribution is -2.40. The molecule has 0 unspecified atom stereocenters. The van der Waals surface area contributed by atoms with E-state index in [1.807, 2.05) is 13.8 Å². The molecular formula is C12H16FN3O3. The number of hydrogen-bond donors (Lipinski definition) is 2. The summed E-state index contributed by atoms with van der Waals surface area (Å²) in [4.78, 5) is 21.4. The number of hydrogen-bond acceptors (Lipinski definition) is 4. The van der Waals surface area contributed by atoms with Crippen LogP contribution in [0.15, 0.2) is 18.2 Å². The largest absolute Gasteiger partial charge is 0.325 e. The molecule has 0 aromatic heterocycles. The van der Waals surface area contributed by atoms with Crippen molar-refractivity contribution in [2.24, 2.45) is 11.7 Å². The van der Waals surface area contributed by atoms with E-state index in [-0.39, 0.29) is 11.6 Å². The highest BCUT2D eigenvalue weighted by atomic mass is 19.1. The molecule has 104 valence electrons. The third kappa shape index (κ3) is 3.72. The summed E-state index contributed by atoms with van der Waals surface area (Å²) in [6.45, 7) is 3.74. The van der Waals surface area contributed by atoms with E-state index in [1.54, 1.807) is 0 Å². The predicted octanol–water partition coefficient (Wildman–Crippen LogP) is 2.05. The van der Waals surface area contributed by atoms with Gasteiger partial charge >= 0.3 is 5.69 Å². The summed E-state index contributed by atoms with van der Waals surface area (Å²) >= 11 is 0. The number of nitrogens with zero attached hydrogens (tertiary/aromatic N) is 1. The lowest BCUT2D eigenvalue weighted by atomic mass is 9.99. The minimum absolute atomic E-state index is 0.0112. The normalized spacial score (nSPS) is 13.7. The van der Waals surface area contributed by atoms with E-state index >= 15 is 0 Å². The first-order chi connectivity index (χ1) is 8.86. The van der Waals surface area contributed by atoms with E-state index < -0.39 is 28.4 Å². The van der Waals surface area contributed by atoms with Crippen LogP contribution < -0.4 is 11.1 Å². The molecule has 0 saturated carbocycles. The number of halogens is 1. The van der Waals surface area contributed by atoms with Crippen molar-refractivity contribution >= 4 is 17.3 Å². The number of amides is 1. The van der Waals surface area contributed by atoms with Crippen LogP contribution in [0.5, 0.6) is 0 Å². The second kappa shape index (κ2) is 6.24. The van der Waals surface area contributed by atoms with Crippen molar-refractivity contribution < 1.29 is 14.1 Å². The Balaban J connectivity index is 2.81. The molecule has 0 aliphatic rings. The maximum absolute atomic E-state index is 13.4. The van der Waals surface area contributed by atoms with E-state index in [9.17, 15) is 19.3 Å². The van der Waals surface area contributed by atoms with E-state index in [4.69, 9.17) is 5.73 Å². The molecule has 7 heteroatoms. The van der Waals surface area contributed by atoms with Crippen molar-refractivity contribution in [3.63, 3.8) is 0 Å². The fourth-order valence-electron chi connectivity index (χ4n) is 1.47. The zero-order valence-corrected chi connectivity index (χ0v) is 10.7. The van der Waals surface area contributed by atoms with Crippen LogP contribution in [0.4, 0.5) is 15.8 Å². The van der Waals surface area contributed by atoms with Gasteiger partial charge in [-0.3, -0.25) is 14.9 Å². The summed E-state index contributed by atoms with van der Waals surface area (Å²) in [7, 11) is 0. The van der Waals surface area contributed by atoms with E-state index in [0.29, 0.717) is 0 Å². The maximum Gasteiger partial charge on any atom is 0.304 e.